The normalized spacial score (nSPS) is 19.5. The van der Waals surface area contributed by atoms with Crippen molar-refractivity contribution < 1.29 is 14.3 Å². The van der Waals surface area contributed by atoms with Gasteiger partial charge >= 0.3 is 0 Å². The second kappa shape index (κ2) is 7.50. The Balaban J connectivity index is 1.32. The minimum absolute atomic E-state index is 0.168. The number of ketones is 1. The summed E-state index contributed by atoms with van der Waals surface area (Å²) in [4.78, 5) is 15.0. The number of hydrogen-bond donors (Lipinski definition) is 0. The Morgan fingerprint density at radius 1 is 1.12 bits per heavy atom. The van der Waals surface area contributed by atoms with Gasteiger partial charge in [0, 0.05) is 25.1 Å². The number of carbonyl (C=O) groups excluding carboxylic acids is 1. The lowest BCUT2D eigenvalue weighted by Gasteiger charge is -2.19. The fourth-order valence-electron chi connectivity index (χ4n) is 3.85. The smallest absolute Gasteiger partial charge is 0.164 e. The van der Waals surface area contributed by atoms with E-state index in [4.69, 9.17) is 9.47 Å². The van der Waals surface area contributed by atoms with Crippen LogP contribution in [0.1, 0.15) is 40.2 Å². The van der Waals surface area contributed by atoms with E-state index >= 15 is 0 Å². The third-order valence-corrected chi connectivity index (χ3v) is 5.31. The highest BCUT2D eigenvalue weighted by molar-refractivity contribution is 5.96. The summed E-state index contributed by atoms with van der Waals surface area (Å²) in [6.07, 6.45) is 1.71. The Morgan fingerprint density at radius 3 is 2.81 bits per heavy atom. The highest BCUT2D eigenvalue weighted by Gasteiger charge is 2.24. The molecule has 0 amide bonds. The van der Waals surface area contributed by atoms with E-state index in [2.05, 4.69) is 36.1 Å². The quantitative estimate of drug-likeness (QED) is 0.768. The maximum absolute atomic E-state index is 12.6. The molecule has 0 saturated carbocycles. The second-order valence-corrected chi connectivity index (χ2v) is 7.23. The standard InChI is InChI=1S/C22H25NO3/c1-16-3-2-4-17(13-16)19-7-9-23(15-19)10-8-20(24)18-5-6-21-22(14-18)26-12-11-25-21/h2-6,13-14,19H,7-12,15H2,1H3. The van der Waals surface area contributed by atoms with E-state index in [1.54, 1.807) is 0 Å². The summed E-state index contributed by atoms with van der Waals surface area (Å²) in [5.41, 5.74) is 3.45. The molecule has 2 aromatic rings. The van der Waals surface area contributed by atoms with Gasteiger partial charge in [-0.1, -0.05) is 29.8 Å². The van der Waals surface area contributed by atoms with Crippen LogP contribution in [0.25, 0.3) is 0 Å². The summed E-state index contributed by atoms with van der Waals surface area (Å²) in [6, 6.07) is 14.3. The van der Waals surface area contributed by atoms with Gasteiger partial charge in [0.15, 0.2) is 17.3 Å². The molecule has 2 aliphatic heterocycles. The van der Waals surface area contributed by atoms with Crippen LogP contribution in [0.5, 0.6) is 11.5 Å². The second-order valence-electron chi connectivity index (χ2n) is 7.23. The van der Waals surface area contributed by atoms with Crippen molar-refractivity contribution in [3.8, 4) is 11.5 Å². The molecular weight excluding hydrogens is 326 g/mol. The van der Waals surface area contributed by atoms with Crippen LogP contribution in [0.3, 0.4) is 0 Å². The van der Waals surface area contributed by atoms with Crippen molar-refractivity contribution in [2.75, 3.05) is 32.8 Å². The zero-order chi connectivity index (χ0) is 17.9. The van der Waals surface area contributed by atoms with Crippen molar-refractivity contribution in [2.45, 2.75) is 25.7 Å². The zero-order valence-electron chi connectivity index (χ0n) is 15.2. The summed E-state index contributed by atoms with van der Waals surface area (Å²) < 4.78 is 11.1. The molecule has 0 aromatic heterocycles. The van der Waals surface area contributed by atoms with Crippen LogP contribution in [0, 0.1) is 6.92 Å². The predicted molar refractivity (Wildman–Crippen MR) is 101 cm³/mol. The van der Waals surface area contributed by atoms with Crippen LogP contribution in [-0.4, -0.2) is 43.5 Å². The van der Waals surface area contributed by atoms with E-state index in [0.717, 1.165) is 25.4 Å². The minimum Gasteiger partial charge on any atom is -0.486 e. The fourth-order valence-corrected chi connectivity index (χ4v) is 3.85. The molecular formula is C22H25NO3. The molecule has 136 valence electrons. The maximum Gasteiger partial charge on any atom is 0.164 e. The molecule has 0 bridgehead atoms. The number of benzene rings is 2. The van der Waals surface area contributed by atoms with E-state index in [1.807, 2.05) is 18.2 Å². The molecule has 0 spiro atoms. The molecule has 0 N–H and O–H groups in total. The molecule has 2 aliphatic rings. The first kappa shape index (κ1) is 17.1. The van der Waals surface area contributed by atoms with E-state index in [9.17, 15) is 4.79 Å². The molecule has 4 nitrogen and oxygen atoms in total. The average Bonchev–Trinajstić information content (AvgIpc) is 3.15. The summed E-state index contributed by atoms with van der Waals surface area (Å²) in [5.74, 6) is 2.16. The lowest BCUT2D eigenvalue weighted by Crippen LogP contribution is -2.24. The SMILES string of the molecule is Cc1cccc(C2CCN(CCC(=O)c3ccc4c(c3)OCCO4)C2)c1. The molecule has 4 rings (SSSR count). The number of Topliss-reactive ketones (excluding diaryl/α,β-unsaturated/α-hetero) is 1. The monoisotopic (exact) mass is 351 g/mol. The van der Waals surface area contributed by atoms with Crippen LogP contribution in [0.4, 0.5) is 0 Å². The zero-order valence-corrected chi connectivity index (χ0v) is 15.2. The van der Waals surface area contributed by atoms with Gasteiger partial charge in [-0.3, -0.25) is 4.79 Å². The van der Waals surface area contributed by atoms with Gasteiger partial charge < -0.3 is 14.4 Å². The average molecular weight is 351 g/mol. The van der Waals surface area contributed by atoms with Crippen LogP contribution in [0.15, 0.2) is 42.5 Å². The van der Waals surface area contributed by atoms with Crippen LogP contribution >= 0.6 is 0 Å². The number of aryl methyl sites for hydroxylation is 1. The van der Waals surface area contributed by atoms with Crippen LogP contribution in [0.2, 0.25) is 0 Å². The van der Waals surface area contributed by atoms with E-state index in [1.165, 1.54) is 17.5 Å². The molecule has 1 saturated heterocycles. The van der Waals surface area contributed by atoms with Gasteiger partial charge in [0.2, 0.25) is 0 Å². The maximum atomic E-state index is 12.6. The van der Waals surface area contributed by atoms with Crippen LogP contribution in [-0.2, 0) is 0 Å². The van der Waals surface area contributed by atoms with Gasteiger partial charge in [0.1, 0.15) is 13.2 Å². The Bertz CT molecular complexity index is 802. The van der Waals surface area contributed by atoms with Gasteiger partial charge in [-0.05, 0) is 49.6 Å². The first-order valence-corrected chi connectivity index (χ1v) is 9.41. The lowest BCUT2D eigenvalue weighted by molar-refractivity contribution is 0.0967. The van der Waals surface area contributed by atoms with Gasteiger partial charge in [-0.2, -0.15) is 0 Å². The summed E-state index contributed by atoms with van der Waals surface area (Å²) in [5, 5.41) is 0. The highest BCUT2D eigenvalue weighted by atomic mass is 16.6. The summed E-state index contributed by atoms with van der Waals surface area (Å²) in [6.45, 7) is 6.17. The van der Waals surface area contributed by atoms with E-state index < -0.39 is 0 Å². The number of likely N-dealkylation sites (tertiary alicyclic amines) is 1. The minimum atomic E-state index is 0.168. The van der Waals surface area contributed by atoms with E-state index in [-0.39, 0.29) is 5.78 Å². The van der Waals surface area contributed by atoms with Crippen molar-refractivity contribution >= 4 is 5.78 Å². The third kappa shape index (κ3) is 3.75. The van der Waals surface area contributed by atoms with Gasteiger partial charge in [0.25, 0.3) is 0 Å². The topological polar surface area (TPSA) is 38.8 Å². The number of nitrogens with zero attached hydrogens (tertiary/aromatic N) is 1. The molecule has 0 aliphatic carbocycles. The first-order valence-electron chi connectivity index (χ1n) is 9.41. The largest absolute Gasteiger partial charge is 0.486 e. The molecule has 2 aromatic carbocycles. The number of hydrogen-bond acceptors (Lipinski definition) is 4. The summed E-state index contributed by atoms with van der Waals surface area (Å²) >= 11 is 0. The summed E-state index contributed by atoms with van der Waals surface area (Å²) in [7, 11) is 0. The Labute approximate surface area is 154 Å². The van der Waals surface area contributed by atoms with Crippen molar-refractivity contribution in [3.05, 3.63) is 59.2 Å². The highest BCUT2D eigenvalue weighted by Crippen LogP contribution is 2.31. The fraction of sp³-hybridized carbons (Fsp3) is 0.409. The molecule has 26 heavy (non-hydrogen) atoms. The Hall–Kier alpha value is -2.33. The number of rotatable bonds is 5. The van der Waals surface area contributed by atoms with Gasteiger partial charge in [-0.25, -0.2) is 0 Å². The number of ether oxygens (including phenoxy) is 2. The van der Waals surface area contributed by atoms with Crippen molar-refractivity contribution in [3.63, 3.8) is 0 Å². The van der Waals surface area contributed by atoms with Crippen molar-refractivity contribution in [1.29, 1.82) is 0 Å². The number of fused-ring (bicyclic) bond motifs is 1. The van der Waals surface area contributed by atoms with Gasteiger partial charge in [-0.15, -0.1) is 0 Å². The van der Waals surface area contributed by atoms with Crippen LogP contribution < -0.4 is 9.47 Å². The van der Waals surface area contributed by atoms with Gasteiger partial charge in [0.05, 0.1) is 0 Å². The lowest BCUT2D eigenvalue weighted by atomic mass is 9.97. The number of carbonyl (C=O) groups is 1. The predicted octanol–water partition coefficient (Wildman–Crippen LogP) is 3.83. The molecule has 1 unspecified atom stereocenters. The Kier molecular flexibility index (Phi) is 4.93. The molecule has 4 heteroatoms. The third-order valence-electron chi connectivity index (χ3n) is 5.31. The molecule has 1 atom stereocenters. The molecule has 0 radical (unpaired) electrons. The first-order chi connectivity index (χ1) is 12.7. The Morgan fingerprint density at radius 2 is 1.96 bits per heavy atom. The van der Waals surface area contributed by atoms with Crippen molar-refractivity contribution in [2.24, 2.45) is 0 Å². The van der Waals surface area contributed by atoms with E-state index in [0.29, 0.717) is 36.9 Å². The molecule has 1 fully saturated rings. The van der Waals surface area contributed by atoms with Crippen molar-refractivity contribution in [1.82, 2.24) is 4.90 Å². The molecule has 2 heterocycles.